The molecule has 3 heterocycles. The van der Waals surface area contributed by atoms with Gasteiger partial charge in [0.1, 0.15) is 22.9 Å². The molecule has 234 valence electrons. The molecule has 13 heteroatoms. The molecule has 0 spiro atoms. The van der Waals surface area contributed by atoms with Crippen molar-refractivity contribution < 1.29 is 27.5 Å². The van der Waals surface area contributed by atoms with Gasteiger partial charge >= 0.3 is 6.18 Å². The molecule has 1 aliphatic carbocycles. The summed E-state index contributed by atoms with van der Waals surface area (Å²) in [6.07, 6.45) is 1.43. The number of carbonyl (C=O) groups excluding carboxylic acids is 2. The van der Waals surface area contributed by atoms with Gasteiger partial charge in [-0.05, 0) is 113 Å². The summed E-state index contributed by atoms with van der Waals surface area (Å²) in [6.45, 7) is 7.54. The highest BCUT2D eigenvalue weighted by atomic mass is 32.1. The summed E-state index contributed by atoms with van der Waals surface area (Å²) >= 11 is 5.65. The Hall–Kier alpha value is -3.76. The predicted octanol–water partition coefficient (Wildman–Crippen LogP) is 4.95. The molecule has 2 aromatic rings. The van der Waals surface area contributed by atoms with Gasteiger partial charge in [0.15, 0.2) is 10.8 Å². The largest absolute Gasteiger partial charge is 0.493 e. The average molecular weight is 629 g/mol. The maximum Gasteiger partial charge on any atom is 0.419 e. The van der Waals surface area contributed by atoms with Crippen molar-refractivity contribution in [2.75, 3.05) is 29.5 Å². The number of thiocarbonyl (C=S) groups is 1. The summed E-state index contributed by atoms with van der Waals surface area (Å²) < 4.78 is 47.1. The molecule has 0 bridgehead atoms. The monoisotopic (exact) mass is 628 g/mol. The molecule has 9 nitrogen and oxygen atoms in total. The highest BCUT2D eigenvalue weighted by Crippen LogP contribution is 2.44. The number of hydrogen-bond donors (Lipinski definition) is 1. The number of benzene rings is 1. The number of alkyl halides is 3. The van der Waals surface area contributed by atoms with Crippen molar-refractivity contribution in [1.29, 1.82) is 5.26 Å². The van der Waals surface area contributed by atoms with Gasteiger partial charge in [0.25, 0.3) is 5.91 Å². The lowest BCUT2D eigenvalue weighted by Gasteiger charge is -2.36. The van der Waals surface area contributed by atoms with Crippen molar-refractivity contribution in [2.24, 2.45) is 11.7 Å². The summed E-state index contributed by atoms with van der Waals surface area (Å²) in [5.41, 5.74) is 3.34. The van der Waals surface area contributed by atoms with Crippen LogP contribution >= 0.6 is 12.2 Å². The normalized spacial score (nSPS) is 20.1. The van der Waals surface area contributed by atoms with Crippen molar-refractivity contribution in [3.05, 3.63) is 47.3 Å². The molecule has 1 aromatic carbocycles. The molecule has 3 aliphatic rings. The van der Waals surface area contributed by atoms with Gasteiger partial charge in [-0.3, -0.25) is 19.4 Å². The van der Waals surface area contributed by atoms with E-state index in [1.807, 2.05) is 19.1 Å². The van der Waals surface area contributed by atoms with Gasteiger partial charge in [-0.15, -0.1) is 0 Å². The molecule has 44 heavy (non-hydrogen) atoms. The number of aryl methyl sites for hydroxylation is 1. The number of aromatic nitrogens is 1. The zero-order valence-electron chi connectivity index (χ0n) is 24.9. The lowest BCUT2D eigenvalue weighted by atomic mass is 9.92. The first-order valence-electron chi connectivity index (χ1n) is 14.7. The molecule has 3 fully saturated rings. The Bertz CT molecular complexity index is 1530. The third-order valence-corrected chi connectivity index (χ3v) is 9.44. The van der Waals surface area contributed by atoms with E-state index in [1.54, 1.807) is 24.8 Å². The molecule has 2 aliphatic heterocycles. The average Bonchev–Trinajstić information content (AvgIpc) is 3.77. The number of pyridine rings is 1. The Morgan fingerprint density at radius 1 is 1.20 bits per heavy atom. The van der Waals surface area contributed by atoms with Crippen LogP contribution < -0.4 is 20.3 Å². The van der Waals surface area contributed by atoms with Gasteiger partial charge in [-0.2, -0.15) is 18.4 Å². The molecule has 5 rings (SSSR count). The molecule has 0 atom stereocenters. The second kappa shape index (κ2) is 11.6. The van der Waals surface area contributed by atoms with Crippen LogP contribution in [0.25, 0.3) is 0 Å². The van der Waals surface area contributed by atoms with Crippen molar-refractivity contribution in [3.8, 4) is 11.8 Å². The number of nitrogens with zero attached hydrogens (tertiary/aromatic N) is 5. The highest BCUT2D eigenvalue weighted by Gasteiger charge is 2.54. The van der Waals surface area contributed by atoms with Gasteiger partial charge in [0.05, 0.1) is 24.1 Å². The lowest BCUT2D eigenvalue weighted by molar-refractivity contribution is -0.138. The van der Waals surface area contributed by atoms with Crippen LogP contribution in [0.4, 0.5) is 24.5 Å². The zero-order chi connectivity index (χ0) is 32.0. The highest BCUT2D eigenvalue weighted by molar-refractivity contribution is 7.81. The van der Waals surface area contributed by atoms with E-state index in [0.29, 0.717) is 24.6 Å². The quantitative estimate of drug-likeness (QED) is 0.388. The van der Waals surface area contributed by atoms with Gasteiger partial charge in [-0.25, -0.2) is 4.98 Å². The van der Waals surface area contributed by atoms with Gasteiger partial charge in [0, 0.05) is 5.69 Å². The topological polar surface area (TPSA) is 116 Å². The predicted molar refractivity (Wildman–Crippen MR) is 162 cm³/mol. The Kier molecular flexibility index (Phi) is 8.37. The maximum atomic E-state index is 13.6. The number of carbonyl (C=O) groups is 2. The molecule has 1 saturated carbocycles. The summed E-state index contributed by atoms with van der Waals surface area (Å²) in [5.74, 6) is 0.479. The van der Waals surface area contributed by atoms with Crippen molar-refractivity contribution >= 4 is 40.5 Å². The summed E-state index contributed by atoms with van der Waals surface area (Å²) in [4.78, 5) is 33.9. The van der Waals surface area contributed by atoms with Crippen LogP contribution in [0.3, 0.4) is 0 Å². The number of rotatable bonds is 9. The number of ether oxygens (including phenoxy) is 1. The molecule has 1 aromatic heterocycles. The van der Waals surface area contributed by atoms with E-state index in [-0.39, 0.29) is 16.7 Å². The van der Waals surface area contributed by atoms with Crippen LogP contribution in [0.2, 0.25) is 0 Å². The Morgan fingerprint density at radius 2 is 1.89 bits per heavy atom. The van der Waals surface area contributed by atoms with Crippen LogP contribution in [-0.4, -0.2) is 57.6 Å². The number of anilines is 2. The number of nitriles is 1. The van der Waals surface area contributed by atoms with Gasteiger partial charge in [0.2, 0.25) is 5.91 Å². The van der Waals surface area contributed by atoms with Crippen LogP contribution in [0.15, 0.2) is 30.5 Å². The van der Waals surface area contributed by atoms with E-state index in [9.17, 15) is 22.8 Å². The molecular weight excluding hydrogens is 593 g/mol. The molecule has 2 N–H and O–H groups in total. The second-order valence-corrected chi connectivity index (χ2v) is 12.5. The fraction of sp³-hybridized carbons (Fsp3) is 0.516. The standard InChI is InChI=1S/C31H35F3N6O3S/c1-4-20-15-21(5-6-25(20)43-14-9-19-7-12-38(13-8-19)30(10-11-30)26(36)41)40-28(44)39(27(42)29(40,2)3)22-16-23(31(32,33)34)24(17-35)37-18-22/h5-6,15-16,18-19H,4,7-14H2,1-3H3,(H2,36,41). The minimum absolute atomic E-state index is 0.00556. The lowest BCUT2D eigenvalue weighted by Crippen LogP contribution is -2.50. The van der Waals surface area contributed by atoms with E-state index in [2.05, 4.69) is 9.88 Å². The van der Waals surface area contributed by atoms with Crippen LogP contribution in [0.1, 0.15) is 69.7 Å². The molecule has 0 unspecified atom stereocenters. The zero-order valence-corrected chi connectivity index (χ0v) is 25.7. The summed E-state index contributed by atoms with van der Waals surface area (Å²) in [6, 6.07) is 7.68. The van der Waals surface area contributed by atoms with Gasteiger partial charge in [-0.1, -0.05) is 6.92 Å². The van der Waals surface area contributed by atoms with Crippen LogP contribution in [0, 0.1) is 17.2 Å². The number of amides is 2. The smallest absolute Gasteiger partial charge is 0.419 e. The molecule has 2 saturated heterocycles. The first-order chi connectivity index (χ1) is 20.7. The number of piperidine rings is 1. The summed E-state index contributed by atoms with van der Waals surface area (Å²) in [7, 11) is 0. The molecule has 0 radical (unpaired) electrons. The third-order valence-electron chi connectivity index (χ3n) is 9.08. The number of halogens is 3. The van der Waals surface area contributed by atoms with Crippen molar-refractivity contribution in [2.45, 2.75) is 76.6 Å². The fourth-order valence-corrected chi connectivity index (χ4v) is 6.80. The SMILES string of the molecule is CCc1cc(N2C(=S)N(c3cnc(C#N)c(C(F)(F)F)c3)C(=O)C2(C)C)ccc1OCCC1CCN(C2(C(N)=O)CC2)CC1. The Balaban J connectivity index is 1.28. The summed E-state index contributed by atoms with van der Waals surface area (Å²) in [5, 5.41) is 9.12. The van der Waals surface area contributed by atoms with E-state index in [4.69, 9.17) is 28.0 Å². The van der Waals surface area contributed by atoms with Gasteiger partial charge < -0.3 is 15.4 Å². The number of hydrogen-bond acceptors (Lipinski definition) is 7. The first kappa shape index (κ1) is 31.7. The van der Waals surface area contributed by atoms with Crippen LogP contribution in [0.5, 0.6) is 5.75 Å². The van der Waals surface area contributed by atoms with Crippen molar-refractivity contribution in [3.63, 3.8) is 0 Å². The van der Waals surface area contributed by atoms with E-state index in [1.165, 1.54) is 6.07 Å². The van der Waals surface area contributed by atoms with E-state index >= 15 is 0 Å². The number of primary amides is 1. The van der Waals surface area contributed by atoms with E-state index < -0.39 is 34.4 Å². The Morgan fingerprint density at radius 3 is 2.45 bits per heavy atom. The van der Waals surface area contributed by atoms with E-state index in [0.717, 1.165) is 73.7 Å². The Labute approximate surface area is 259 Å². The maximum absolute atomic E-state index is 13.6. The number of likely N-dealkylation sites (tertiary alicyclic amines) is 1. The first-order valence-corrected chi connectivity index (χ1v) is 15.1. The third kappa shape index (κ3) is 5.61. The second-order valence-electron chi connectivity index (χ2n) is 12.1. The minimum Gasteiger partial charge on any atom is -0.493 e. The minimum atomic E-state index is -4.83. The number of nitrogens with two attached hydrogens (primary N) is 1. The van der Waals surface area contributed by atoms with Crippen molar-refractivity contribution in [1.82, 2.24) is 9.88 Å². The van der Waals surface area contributed by atoms with Crippen LogP contribution in [-0.2, 0) is 22.2 Å². The molecular formula is C31H35F3N6O3S. The molecule has 2 amide bonds. The fourth-order valence-electron chi connectivity index (χ4n) is 6.28.